The Morgan fingerprint density at radius 3 is 2.66 bits per heavy atom. The fourth-order valence-electron chi connectivity index (χ4n) is 2.63. The highest BCUT2D eigenvalue weighted by Crippen LogP contribution is 2.25. The van der Waals surface area contributed by atoms with Crippen molar-refractivity contribution in [3.05, 3.63) is 75.2 Å². The predicted octanol–water partition coefficient (Wildman–Crippen LogP) is 2.24. The first-order valence-electron chi connectivity index (χ1n) is 8.35. The summed E-state index contributed by atoms with van der Waals surface area (Å²) in [5.74, 6) is -1.25. The lowest BCUT2D eigenvalue weighted by molar-refractivity contribution is 0.102. The molecule has 3 N–H and O–H groups in total. The van der Waals surface area contributed by atoms with Crippen LogP contribution >= 0.6 is 11.6 Å². The van der Waals surface area contributed by atoms with Gasteiger partial charge in [0.2, 0.25) is 11.6 Å². The van der Waals surface area contributed by atoms with Gasteiger partial charge >= 0.3 is 5.76 Å². The van der Waals surface area contributed by atoms with Gasteiger partial charge in [0.25, 0.3) is 5.91 Å². The van der Waals surface area contributed by atoms with E-state index in [-0.39, 0.29) is 17.3 Å². The number of nitrogens with zero attached hydrogens (tertiary/aromatic N) is 4. The van der Waals surface area contributed by atoms with E-state index >= 15 is 0 Å². The van der Waals surface area contributed by atoms with Gasteiger partial charge in [-0.15, -0.1) is 0 Å². The summed E-state index contributed by atoms with van der Waals surface area (Å²) in [7, 11) is 0. The summed E-state index contributed by atoms with van der Waals surface area (Å²) in [4.78, 5) is 24.7. The smallest absolute Gasteiger partial charge is 0.326 e. The molecule has 4 aromatic rings. The molecule has 0 aliphatic heterocycles. The number of nitrogens with one attached hydrogen (secondary N) is 1. The van der Waals surface area contributed by atoms with Gasteiger partial charge in [0.15, 0.2) is 5.69 Å². The zero-order valence-electron chi connectivity index (χ0n) is 14.7. The van der Waals surface area contributed by atoms with Gasteiger partial charge in [0.05, 0.1) is 5.69 Å². The number of halogens is 1. The van der Waals surface area contributed by atoms with Crippen LogP contribution in [0.3, 0.4) is 0 Å². The number of rotatable bonds is 5. The lowest BCUT2D eigenvalue weighted by Gasteiger charge is -2.05. The molecule has 0 aliphatic rings. The highest BCUT2D eigenvalue weighted by Gasteiger charge is 2.24. The van der Waals surface area contributed by atoms with E-state index in [1.807, 2.05) is 0 Å². The van der Waals surface area contributed by atoms with E-state index in [0.717, 1.165) is 10.1 Å². The summed E-state index contributed by atoms with van der Waals surface area (Å²) < 4.78 is 10.6. The van der Waals surface area contributed by atoms with Crippen LogP contribution in [-0.4, -0.2) is 25.9 Å². The normalized spacial score (nSPS) is 10.8. The van der Waals surface area contributed by atoms with Gasteiger partial charge in [-0.05, 0) is 46.2 Å². The molecular weight excluding hydrogens is 400 g/mol. The van der Waals surface area contributed by atoms with Gasteiger partial charge in [-0.2, -0.15) is 0 Å². The third-order valence-electron chi connectivity index (χ3n) is 4.06. The maximum Gasteiger partial charge on any atom is 0.446 e. The van der Waals surface area contributed by atoms with Gasteiger partial charge in [-0.3, -0.25) is 9.32 Å². The molecule has 0 bridgehead atoms. The number of benzene rings is 2. The monoisotopic (exact) mass is 412 g/mol. The zero-order chi connectivity index (χ0) is 20.4. The average Bonchev–Trinajstić information content (AvgIpc) is 3.34. The fraction of sp³-hybridized carbons (Fsp3) is 0.0556. The van der Waals surface area contributed by atoms with Crippen LogP contribution in [0.5, 0.6) is 0 Å². The Morgan fingerprint density at radius 1 is 1.14 bits per heavy atom. The molecule has 0 radical (unpaired) electrons. The molecule has 4 rings (SSSR count). The van der Waals surface area contributed by atoms with Crippen LogP contribution in [0.1, 0.15) is 15.9 Å². The lowest BCUT2D eigenvalue weighted by Crippen LogP contribution is -2.15. The molecule has 11 heteroatoms. The minimum atomic E-state index is -0.764. The Labute approximate surface area is 167 Å². The molecule has 0 unspecified atom stereocenters. The molecular formula is C18H13ClN6O4. The van der Waals surface area contributed by atoms with Crippen molar-refractivity contribution in [2.75, 3.05) is 5.32 Å². The van der Waals surface area contributed by atoms with Gasteiger partial charge in [-0.1, -0.05) is 35.0 Å². The number of amides is 1. The molecule has 0 atom stereocenters. The topological polar surface area (TPSA) is 142 Å². The standard InChI is InChI=1S/C18H13ClN6O4/c19-12-2-1-3-13(8-12)25-16(24-28-18(25)27)14-15(23-29-22-14)21-17(26)11-6-4-10(9-20)5-7-11/h1-8H,9,20H2,(H,21,23,26). The number of aromatic nitrogens is 4. The summed E-state index contributed by atoms with van der Waals surface area (Å²) >= 11 is 6.00. The van der Waals surface area contributed by atoms with E-state index in [4.69, 9.17) is 26.5 Å². The van der Waals surface area contributed by atoms with Crippen LogP contribution in [0.25, 0.3) is 17.2 Å². The fourth-order valence-corrected chi connectivity index (χ4v) is 2.82. The lowest BCUT2D eigenvalue weighted by atomic mass is 10.1. The molecule has 0 spiro atoms. The summed E-state index contributed by atoms with van der Waals surface area (Å²) in [6.45, 7) is 0.368. The summed E-state index contributed by atoms with van der Waals surface area (Å²) in [5, 5.41) is 14.2. The number of carbonyl (C=O) groups is 1. The van der Waals surface area contributed by atoms with E-state index in [2.05, 4.69) is 20.8 Å². The second kappa shape index (κ2) is 7.70. The van der Waals surface area contributed by atoms with Crippen molar-refractivity contribution >= 4 is 23.3 Å². The molecule has 0 saturated carbocycles. The van der Waals surface area contributed by atoms with Crippen molar-refractivity contribution in [3.63, 3.8) is 0 Å². The third-order valence-corrected chi connectivity index (χ3v) is 4.29. The molecule has 0 aliphatic carbocycles. The molecule has 29 heavy (non-hydrogen) atoms. The highest BCUT2D eigenvalue weighted by molar-refractivity contribution is 6.30. The van der Waals surface area contributed by atoms with Crippen molar-refractivity contribution in [1.29, 1.82) is 0 Å². The van der Waals surface area contributed by atoms with Crippen LogP contribution in [0.2, 0.25) is 5.02 Å². The van der Waals surface area contributed by atoms with Crippen molar-refractivity contribution in [2.45, 2.75) is 6.54 Å². The first-order valence-corrected chi connectivity index (χ1v) is 8.72. The minimum absolute atomic E-state index is 0.00713. The van der Waals surface area contributed by atoms with Crippen molar-refractivity contribution < 1.29 is 13.9 Å². The Bertz CT molecular complexity index is 1230. The Kier molecular flexibility index (Phi) is 4.94. The average molecular weight is 413 g/mol. The highest BCUT2D eigenvalue weighted by atomic mass is 35.5. The number of carbonyl (C=O) groups excluding carboxylic acids is 1. The summed E-state index contributed by atoms with van der Waals surface area (Å²) in [6.07, 6.45) is 0. The largest absolute Gasteiger partial charge is 0.446 e. The van der Waals surface area contributed by atoms with Gasteiger partial charge in [0, 0.05) is 17.1 Å². The van der Waals surface area contributed by atoms with Crippen LogP contribution < -0.4 is 16.8 Å². The maximum absolute atomic E-state index is 12.5. The van der Waals surface area contributed by atoms with Crippen LogP contribution in [0.4, 0.5) is 5.82 Å². The van der Waals surface area contributed by atoms with Gasteiger partial charge in [-0.25, -0.2) is 14.0 Å². The van der Waals surface area contributed by atoms with Gasteiger partial charge in [0.1, 0.15) is 0 Å². The first kappa shape index (κ1) is 18.6. The van der Waals surface area contributed by atoms with Gasteiger partial charge < -0.3 is 11.1 Å². The van der Waals surface area contributed by atoms with E-state index < -0.39 is 11.7 Å². The molecule has 10 nitrogen and oxygen atoms in total. The SMILES string of the molecule is NCc1ccc(C(=O)Nc2nonc2-c2noc(=O)n2-c2cccc(Cl)c2)cc1. The third kappa shape index (κ3) is 3.66. The molecule has 0 saturated heterocycles. The van der Waals surface area contributed by atoms with Crippen LogP contribution in [-0.2, 0) is 6.54 Å². The molecule has 2 aromatic heterocycles. The summed E-state index contributed by atoms with van der Waals surface area (Å²) in [6, 6.07) is 13.2. The number of nitrogens with two attached hydrogens (primary N) is 1. The predicted molar refractivity (Wildman–Crippen MR) is 103 cm³/mol. The van der Waals surface area contributed by atoms with E-state index in [1.54, 1.807) is 48.5 Å². The Hall–Kier alpha value is -3.76. The van der Waals surface area contributed by atoms with E-state index in [9.17, 15) is 9.59 Å². The zero-order valence-corrected chi connectivity index (χ0v) is 15.5. The van der Waals surface area contributed by atoms with Crippen LogP contribution in [0.15, 0.2) is 62.5 Å². The van der Waals surface area contributed by atoms with E-state index in [1.165, 1.54) is 0 Å². The molecule has 0 fully saturated rings. The number of hydrogen-bond donors (Lipinski definition) is 2. The van der Waals surface area contributed by atoms with Crippen molar-refractivity contribution in [1.82, 2.24) is 20.0 Å². The molecule has 2 heterocycles. The Morgan fingerprint density at radius 2 is 1.93 bits per heavy atom. The Balaban J connectivity index is 1.68. The molecule has 1 amide bonds. The molecule has 146 valence electrons. The molecule has 2 aromatic carbocycles. The van der Waals surface area contributed by atoms with Crippen molar-refractivity contribution in [2.24, 2.45) is 5.73 Å². The minimum Gasteiger partial charge on any atom is -0.326 e. The first-order chi connectivity index (χ1) is 14.1. The number of anilines is 1. The van der Waals surface area contributed by atoms with E-state index in [0.29, 0.717) is 22.8 Å². The summed E-state index contributed by atoms with van der Waals surface area (Å²) in [5.41, 5.74) is 7.24. The van der Waals surface area contributed by atoms with Crippen LogP contribution in [0, 0.1) is 0 Å². The number of hydrogen-bond acceptors (Lipinski definition) is 8. The van der Waals surface area contributed by atoms with Crippen molar-refractivity contribution in [3.8, 4) is 17.2 Å². The second-order valence-corrected chi connectivity index (χ2v) is 6.34. The quantitative estimate of drug-likeness (QED) is 0.508. The maximum atomic E-state index is 12.5. The second-order valence-electron chi connectivity index (χ2n) is 5.90.